The lowest BCUT2D eigenvalue weighted by Gasteiger charge is -2.33. The topological polar surface area (TPSA) is 9.23 Å². The Morgan fingerprint density at radius 2 is 2.00 bits per heavy atom. The van der Waals surface area contributed by atoms with Crippen LogP contribution in [0.2, 0.25) is 0 Å². The van der Waals surface area contributed by atoms with Gasteiger partial charge in [0, 0.05) is 11.3 Å². The summed E-state index contributed by atoms with van der Waals surface area (Å²) in [6.07, 6.45) is 0. The fraction of sp³-hybridized carbons (Fsp3) is 0.500. The summed E-state index contributed by atoms with van der Waals surface area (Å²) >= 11 is 1.86. The zero-order valence-electron chi connectivity index (χ0n) is 9.18. The Bertz CT molecular complexity index is 369. The first-order valence-electron chi connectivity index (χ1n) is 4.91. The summed E-state index contributed by atoms with van der Waals surface area (Å²) in [4.78, 5) is -0.0764. The molecule has 0 atom stereocenters. The number of fused-ring (bicyclic) bond motifs is 1. The fourth-order valence-electron chi connectivity index (χ4n) is 1.82. The van der Waals surface area contributed by atoms with Crippen molar-refractivity contribution in [2.45, 2.75) is 38.4 Å². The monoisotopic (exact) mass is 208 g/mol. The zero-order chi connectivity index (χ0) is 10.3. The normalized spacial score (nSPS) is 18.6. The van der Waals surface area contributed by atoms with Crippen LogP contribution in [0.3, 0.4) is 0 Å². The van der Waals surface area contributed by atoms with E-state index in [0.29, 0.717) is 0 Å². The van der Waals surface area contributed by atoms with Crippen LogP contribution in [0.1, 0.15) is 30.5 Å². The van der Waals surface area contributed by atoms with Crippen molar-refractivity contribution in [3.8, 4) is 5.75 Å². The Kier molecular flexibility index (Phi) is 2.26. The van der Waals surface area contributed by atoms with Gasteiger partial charge in [-0.1, -0.05) is 17.7 Å². The van der Waals surface area contributed by atoms with E-state index in [1.807, 2.05) is 11.8 Å². The summed E-state index contributed by atoms with van der Waals surface area (Å²) in [6, 6.07) is 4.41. The van der Waals surface area contributed by atoms with E-state index in [4.69, 9.17) is 4.74 Å². The molecule has 14 heavy (non-hydrogen) atoms. The predicted molar refractivity (Wildman–Crippen MR) is 61.9 cm³/mol. The molecule has 76 valence electrons. The van der Waals surface area contributed by atoms with E-state index in [-0.39, 0.29) is 4.93 Å². The van der Waals surface area contributed by atoms with Gasteiger partial charge in [-0.25, -0.2) is 0 Å². The van der Waals surface area contributed by atoms with Gasteiger partial charge in [-0.15, -0.1) is 11.8 Å². The van der Waals surface area contributed by atoms with E-state index < -0.39 is 0 Å². The first kappa shape index (κ1) is 9.91. The van der Waals surface area contributed by atoms with E-state index in [1.54, 1.807) is 0 Å². The minimum absolute atomic E-state index is 0.0764. The molecule has 1 aromatic rings. The number of hydrogen-bond donors (Lipinski definition) is 0. The molecule has 1 aliphatic heterocycles. The minimum Gasteiger partial charge on any atom is -0.477 e. The van der Waals surface area contributed by atoms with Crippen LogP contribution in [0.15, 0.2) is 12.1 Å². The molecule has 0 N–H and O–H groups in total. The molecule has 0 saturated heterocycles. The largest absolute Gasteiger partial charge is 0.477 e. The third-order valence-electron chi connectivity index (χ3n) is 2.42. The Labute approximate surface area is 89.9 Å². The van der Waals surface area contributed by atoms with Crippen LogP contribution in [0, 0.1) is 13.8 Å². The molecule has 0 saturated carbocycles. The van der Waals surface area contributed by atoms with Gasteiger partial charge >= 0.3 is 0 Å². The molecular weight excluding hydrogens is 192 g/mol. The maximum atomic E-state index is 5.97. The summed E-state index contributed by atoms with van der Waals surface area (Å²) < 4.78 is 5.97. The van der Waals surface area contributed by atoms with E-state index >= 15 is 0 Å². The molecule has 1 aromatic carbocycles. The lowest BCUT2D eigenvalue weighted by atomic mass is 10.1. The van der Waals surface area contributed by atoms with Gasteiger partial charge in [0.2, 0.25) is 0 Å². The lowest BCUT2D eigenvalue weighted by molar-refractivity contribution is 0.199. The standard InChI is InChI=1S/C12H16OS/c1-8-5-9(2)11-10(6-8)7-14-12(3,4)13-11/h5-6H,7H2,1-4H3. The van der Waals surface area contributed by atoms with Crippen LogP contribution in [-0.4, -0.2) is 4.93 Å². The zero-order valence-corrected chi connectivity index (χ0v) is 9.99. The second-order valence-corrected chi connectivity index (χ2v) is 5.92. The summed E-state index contributed by atoms with van der Waals surface area (Å²) in [5.74, 6) is 2.16. The molecule has 1 heterocycles. The Balaban J connectivity index is 2.47. The number of aryl methyl sites for hydroxylation is 2. The van der Waals surface area contributed by atoms with Gasteiger partial charge in [0.15, 0.2) is 0 Å². The summed E-state index contributed by atoms with van der Waals surface area (Å²) in [5.41, 5.74) is 3.92. The van der Waals surface area contributed by atoms with Gasteiger partial charge in [-0.05, 0) is 33.3 Å². The molecule has 1 nitrogen and oxygen atoms in total. The van der Waals surface area contributed by atoms with Crippen molar-refractivity contribution in [2.75, 3.05) is 0 Å². The number of ether oxygens (including phenoxy) is 1. The highest BCUT2D eigenvalue weighted by Crippen LogP contribution is 2.41. The van der Waals surface area contributed by atoms with Crippen molar-refractivity contribution in [3.05, 3.63) is 28.8 Å². The van der Waals surface area contributed by atoms with E-state index in [2.05, 4.69) is 39.8 Å². The van der Waals surface area contributed by atoms with Crippen molar-refractivity contribution in [2.24, 2.45) is 0 Å². The maximum absolute atomic E-state index is 5.97. The third-order valence-corrected chi connectivity index (χ3v) is 3.65. The van der Waals surface area contributed by atoms with Gasteiger partial charge < -0.3 is 4.74 Å². The lowest BCUT2D eigenvalue weighted by Crippen LogP contribution is -2.28. The molecule has 1 aliphatic rings. The molecule has 0 radical (unpaired) electrons. The van der Waals surface area contributed by atoms with Crippen LogP contribution in [0.25, 0.3) is 0 Å². The first-order chi connectivity index (χ1) is 6.48. The number of rotatable bonds is 0. The molecule has 0 fully saturated rings. The Hall–Kier alpha value is -0.630. The molecule has 0 bridgehead atoms. The van der Waals surface area contributed by atoms with Crippen LogP contribution < -0.4 is 4.74 Å². The smallest absolute Gasteiger partial charge is 0.149 e. The number of thioether (sulfide) groups is 1. The van der Waals surface area contributed by atoms with Gasteiger partial charge in [0.05, 0.1) is 0 Å². The number of hydrogen-bond acceptors (Lipinski definition) is 2. The minimum atomic E-state index is -0.0764. The molecule has 0 amide bonds. The highest BCUT2D eigenvalue weighted by molar-refractivity contribution is 7.99. The van der Waals surface area contributed by atoms with E-state index in [0.717, 1.165) is 11.5 Å². The molecule has 0 aromatic heterocycles. The highest BCUT2D eigenvalue weighted by Gasteiger charge is 2.28. The first-order valence-corrected chi connectivity index (χ1v) is 5.89. The van der Waals surface area contributed by atoms with E-state index in [1.165, 1.54) is 16.7 Å². The second-order valence-electron chi connectivity index (χ2n) is 4.36. The van der Waals surface area contributed by atoms with Gasteiger partial charge in [-0.3, -0.25) is 0 Å². The third kappa shape index (κ3) is 1.76. The summed E-state index contributed by atoms with van der Waals surface area (Å²) in [7, 11) is 0. The van der Waals surface area contributed by atoms with Gasteiger partial charge in [0.25, 0.3) is 0 Å². The average molecular weight is 208 g/mol. The van der Waals surface area contributed by atoms with Crippen molar-refractivity contribution in [1.82, 2.24) is 0 Å². The van der Waals surface area contributed by atoms with Crippen LogP contribution >= 0.6 is 11.8 Å². The number of benzene rings is 1. The molecule has 0 unspecified atom stereocenters. The average Bonchev–Trinajstić information content (AvgIpc) is 2.06. The molecule has 0 aliphatic carbocycles. The quantitative estimate of drug-likeness (QED) is 0.643. The van der Waals surface area contributed by atoms with Gasteiger partial charge in [-0.2, -0.15) is 0 Å². The van der Waals surface area contributed by atoms with Crippen molar-refractivity contribution in [3.63, 3.8) is 0 Å². The fourth-order valence-corrected chi connectivity index (χ4v) is 2.68. The summed E-state index contributed by atoms with van der Waals surface area (Å²) in [5, 5.41) is 0. The predicted octanol–water partition coefficient (Wildman–Crippen LogP) is 3.67. The SMILES string of the molecule is Cc1cc(C)c2c(c1)CSC(C)(C)O2. The highest BCUT2D eigenvalue weighted by atomic mass is 32.2. The van der Waals surface area contributed by atoms with Crippen molar-refractivity contribution < 1.29 is 4.74 Å². The van der Waals surface area contributed by atoms with Gasteiger partial charge in [0.1, 0.15) is 10.7 Å². The van der Waals surface area contributed by atoms with Crippen molar-refractivity contribution >= 4 is 11.8 Å². The maximum Gasteiger partial charge on any atom is 0.149 e. The molecule has 2 heteroatoms. The second kappa shape index (κ2) is 3.20. The van der Waals surface area contributed by atoms with Crippen molar-refractivity contribution in [1.29, 1.82) is 0 Å². The summed E-state index contributed by atoms with van der Waals surface area (Å²) in [6.45, 7) is 8.51. The molecular formula is C12H16OS. The molecule has 0 spiro atoms. The van der Waals surface area contributed by atoms with Crippen LogP contribution in [0.5, 0.6) is 5.75 Å². The Morgan fingerprint density at radius 1 is 1.29 bits per heavy atom. The van der Waals surface area contributed by atoms with Crippen LogP contribution in [-0.2, 0) is 5.75 Å². The Morgan fingerprint density at radius 3 is 2.71 bits per heavy atom. The van der Waals surface area contributed by atoms with E-state index in [9.17, 15) is 0 Å². The van der Waals surface area contributed by atoms with Crippen LogP contribution in [0.4, 0.5) is 0 Å². The molecule has 2 rings (SSSR count).